The smallest absolute Gasteiger partial charge is 0.227 e. The van der Waals surface area contributed by atoms with Gasteiger partial charge >= 0.3 is 0 Å². The molecule has 0 spiro atoms. The standard InChI is InChI=1S/C18H18N2OS/c1-12-14-7-9-22-17(14)6-8-20(12)18(21)10-13-11-19-16-5-3-2-4-15(13)16/h2-5,7,9,11-12,19H,6,8,10H2,1H3. The average molecular weight is 310 g/mol. The number of H-pyrrole nitrogens is 1. The van der Waals surface area contributed by atoms with Crippen LogP contribution in [0.5, 0.6) is 0 Å². The largest absolute Gasteiger partial charge is 0.361 e. The quantitative estimate of drug-likeness (QED) is 0.765. The van der Waals surface area contributed by atoms with Crippen molar-refractivity contribution in [1.82, 2.24) is 9.88 Å². The summed E-state index contributed by atoms with van der Waals surface area (Å²) in [5.74, 6) is 0.217. The molecule has 3 heterocycles. The second kappa shape index (κ2) is 5.29. The van der Waals surface area contributed by atoms with Crippen LogP contribution in [0.2, 0.25) is 0 Å². The van der Waals surface area contributed by atoms with E-state index in [4.69, 9.17) is 0 Å². The maximum Gasteiger partial charge on any atom is 0.227 e. The maximum atomic E-state index is 12.8. The highest BCUT2D eigenvalue weighted by Crippen LogP contribution is 2.33. The number of nitrogens with one attached hydrogen (secondary N) is 1. The van der Waals surface area contributed by atoms with Gasteiger partial charge in [0, 0.05) is 28.5 Å². The number of hydrogen-bond acceptors (Lipinski definition) is 2. The van der Waals surface area contributed by atoms with E-state index in [9.17, 15) is 4.79 Å². The molecule has 1 aliphatic rings. The number of carbonyl (C=O) groups is 1. The lowest BCUT2D eigenvalue weighted by molar-refractivity contribution is -0.132. The van der Waals surface area contributed by atoms with E-state index < -0.39 is 0 Å². The van der Waals surface area contributed by atoms with Gasteiger partial charge in [-0.2, -0.15) is 0 Å². The number of rotatable bonds is 2. The normalized spacial score (nSPS) is 17.7. The Balaban J connectivity index is 1.58. The molecular formula is C18H18N2OS. The molecule has 0 saturated heterocycles. The van der Waals surface area contributed by atoms with Crippen LogP contribution >= 0.6 is 11.3 Å². The van der Waals surface area contributed by atoms with Crippen molar-refractivity contribution in [2.45, 2.75) is 25.8 Å². The second-order valence-corrected chi connectivity index (χ2v) is 6.85. The minimum atomic E-state index is 0.188. The molecule has 112 valence electrons. The molecule has 0 fully saturated rings. The monoisotopic (exact) mass is 310 g/mol. The number of benzene rings is 1. The van der Waals surface area contributed by atoms with Crippen LogP contribution in [0.3, 0.4) is 0 Å². The van der Waals surface area contributed by atoms with Gasteiger partial charge in [0.05, 0.1) is 12.5 Å². The molecule has 22 heavy (non-hydrogen) atoms. The van der Waals surface area contributed by atoms with Crippen LogP contribution in [-0.2, 0) is 17.6 Å². The first-order valence-corrected chi connectivity index (χ1v) is 8.53. The van der Waals surface area contributed by atoms with Crippen molar-refractivity contribution < 1.29 is 4.79 Å². The third-order valence-corrected chi connectivity index (χ3v) is 5.61. The Bertz CT molecular complexity index is 832. The van der Waals surface area contributed by atoms with Gasteiger partial charge in [-0.15, -0.1) is 11.3 Å². The van der Waals surface area contributed by atoms with Gasteiger partial charge in [0.25, 0.3) is 0 Å². The number of amides is 1. The van der Waals surface area contributed by atoms with Gasteiger partial charge < -0.3 is 9.88 Å². The molecule has 2 aromatic heterocycles. The number of nitrogens with zero attached hydrogens (tertiary/aromatic N) is 1. The number of para-hydroxylation sites is 1. The summed E-state index contributed by atoms with van der Waals surface area (Å²) in [5.41, 5.74) is 3.50. The van der Waals surface area contributed by atoms with Crippen molar-refractivity contribution in [3.63, 3.8) is 0 Å². The molecule has 0 aliphatic carbocycles. The summed E-state index contributed by atoms with van der Waals surface area (Å²) >= 11 is 1.81. The van der Waals surface area contributed by atoms with Crippen LogP contribution in [0, 0.1) is 0 Å². The van der Waals surface area contributed by atoms with Crippen molar-refractivity contribution in [2.75, 3.05) is 6.54 Å². The number of aromatic amines is 1. The van der Waals surface area contributed by atoms with Crippen molar-refractivity contribution in [3.05, 3.63) is 57.9 Å². The Morgan fingerprint density at radius 3 is 3.14 bits per heavy atom. The number of carbonyl (C=O) groups excluding carboxylic acids is 1. The first kappa shape index (κ1) is 13.6. The highest BCUT2D eigenvalue weighted by atomic mass is 32.1. The highest BCUT2D eigenvalue weighted by molar-refractivity contribution is 7.10. The first-order valence-electron chi connectivity index (χ1n) is 7.65. The number of aromatic nitrogens is 1. The van der Waals surface area contributed by atoms with E-state index in [0.717, 1.165) is 29.4 Å². The third kappa shape index (κ3) is 2.15. The Morgan fingerprint density at radius 1 is 1.36 bits per heavy atom. The summed E-state index contributed by atoms with van der Waals surface area (Å²) in [7, 11) is 0. The molecule has 0 saturated carbocycles. The third-order valence-electron chi connectivity index (χ3n) is 4.61. The van der Waals surface area contributed by atoms with Crippen LogP contribution < -0.4 is 0 Å². The summed E-state index contributed by atoms with van der Waals surface area (Å²) in [5, 5.41) is 3.28. The van der Waals surface area contributed by atoms with Gasteiger partial charge in [-0.25, -0.2) is 0 Å². The Hall–Kier alpha value is -2.07. The Labute approximate surface area is 133 Å². The lowest BCUT2D eigenvalue weighted by Gasteiger charge is -2.33. The van der Waals surface area contributed by atoms with Gasteiger partial charge in [-0.3, -0.25) is 4.79 Å². The predicted octanol–water partition coefficient (Wildman–Crippen LogP) is 3.92. The van der Waals surface area contributed by atoms with E-state index in [1.807, 2.05) is 40.6 Å². The van der Waals surface area contributed by atoms with E-state index in [1.54, 1.807) is 0 Å². The Kier molecular flexibility index (Phi) is 3.26. The second-order valence-electron chi connectivity index (χ2n) is 5.85. The molecule has 1 aliphatic heterocycles. The molecule has 1 unspecified atom stereocenters. The zero-order valence-electron chi connectivity index (χ0n) is 12.5. The highest BCUT2D eigenvalue weighted by Gasteiger charge is 2.28. The molecular weight excluding hydrogens is 292 g/mol. The number of thiophene rings is 1. The van der Waals surface area contributed by atoms with E-state index >= 15 is 0 Å². The molecule has 0 radical (unpaired) electrons. The molecule has 3 aromatic rings. The summed E-state index contributed by atoms with van der Waals surface area (Å²) < 4.78 is 0. The van der Waals surface area contributed by atoms with Gasteiger partial charge in [0.2, 0.25) is 5.91 Å². The molecule has 3 nitrogen and oxygen atoms in total. The van der Waals surface area contributed by atoms with Gasteiger partial charge in [0.15, 0.2) is 0 Å². The summed E-state index contributed by atoms with van der Waals surface area (Å²) in [6, 6.07) is 10.5. The molecule has 1 N–H and O–H groups in total. The molecule has 1 aromatic carbocycles. The number of hydrogen-bond donors (Lipinski definition) is 1. The van der Waals surface area contributed by atoms with Crippen molar-refractivity contribution in [3.8, 4) is 0 Å². The average Bonchev–Trinajstić information content (AvgIpc) is 3.15. The summed E-state index contributed by atoms with van der Waals surface area (Å²) in [4.78, 5) is 19.5. The fourth-order valence-electron chi connectivity index (χ4n) is 3.39. The summed E-state index contributed by atoms with van der Waals surface area (Å²) in [6.45, 7) is 2.97. The molecule has 1 amide bonds. The van der Waals surface area contributed by atoms with Gasteiger partial charge in [-0.1, -0.05) is 18.2 Å². The number of fused-ring (bicyclic) bond motifs is 2. The van der Waals surface area contributed by atoms with Crippen LogP contribution in [0.25, 0.3) is 10.9 Å². The molecule has 4 rings (SSSR count). The molecule has 0 bridgehead atoms. The minimum absolute atomic E-state index is 0.188. The Morgan fingerprint density at radius 2 is 2.23 bits per heavy atom. The first-order chi connectivity index (χ1) is 10.7. The van der Waals surface area contributed by atoms with Crippen LogP contribution in [0.15, 0.2) is 41.9 Å². The SMILES string of the molecule is CC1c2ccsc2CCN1C(=O)Cc1c[nH]c2ccccc12. The van der Waals surface area contributed by atoms with Crippen molar-refractivity contribution >= 4 is 28.1 Å². The van der Waals surface area contributed by atoms with Gasteiger partial charge in [0.1, 0.15) is 0 Å². The van der Waals surface area contributed by atoms with Gasteiger partial charge in [-0.05, 0) is 42.0 Å². The van der Waals surface area contributed by atoms with Crippen molar-refractivity contribution in [2.24, 2.45) is 0 Å². The van der Waals surface area contributed by atoms with E-state index in [1.165, 1.54) is 10.4 Å². The predicted molar refractivity (Wildman–Crippen MR) is 90.2 cm³/mol. The maximum absolute atomic E-state index is 12.8. The topological polar surface area (TPSA) is 36.1 Å². The van der Waals surface area contributed by atoms with Crippen LogP contribution in [-0.4, -0.2) is 22.3 Å². The molecule has 4 heteroatoms. The van der Waals surface area contributed by atoms with Crippen LogP contribution in [0.4, 0.5) is 0 Å². The summed E-state index contributed by atoms with van der Waals surface area (Å²) in [6.07, 6.45) is 3.41. The van der Waals surface area contributed by atoms with Crippen molar-refractivity contribution in [1.29, 1.82) is 0 Å². The van der Waals surface area contributed by atoms with E-state index in [0.29, 0.717) is 6.42 Å². The van der Waals surface area contributed by atoms with Crippen LogP contribution in [0.1, 0.15) is 29.0 Å². The fraction of sp³-hybridized carbons (Fsp3) is 0.278. The minimum Gasteiger partial charge on any atom is -0.361 e. The fourth-order valence-corrected chi connectivity index (χ4v) is 4.36. The van der Waals surface area contributed by atoms with E-state index in [-0.39, 0.29) is 11.9 Å². The lowest BCUT2D eigenvalue weighted by Crippen LogP contribution is -2.39. The van der Waals surface area contributed by atoms with E-state index in [2.05, 4.69) is 29.4 Å². The lowest BCUT2D eigenvalue weighted by atomic mass is 10.0. The zero-order chi connectivity index (χ0) is 15.1. The molecule has 1 atom stereocenters. The zero-order valence-corrected chi connectivity index (χ0v) is 13.3.